The van der Waals surface area contributed by atoms with Crippen LogP contribution in [0.5, 0.6) is 0 Å². The lowest BCUT2D eigenvalue weighted by molar-refractivity contribution is -0.0273. The Labute approximate surface area is 109 Å². The maximum absolute atomic E-state index is 8.65. The van der Waals surface area contributed by atoms with Crippen LogP contribution >= 0.6 is 0 Å². The fourth-order valence-electron chi connectivity index (χ4n) is 1.24. The highest BCUT2D eigenvalue weighted by molar-refractivity contribution is 4.56. The third kappa shape index (κ3) is 12.2. The first-order valence-corrected chi connectivity index (χ1v) is 6.17. The second kappa shape index (κ2) is 14.8. The van der Waals surface area contributed by atoms with Crippen molar-refractivity contribution in [3.63, 3.8) is 0 Å². The van der Waals surface area contributed by atoms with E-state index in [-0.39, 0.29) is 12.5 Å². The summed E-state index contributed by atoms with van der Waals surface area (Å²) in [5.74, 6) is 0.158. The first kappa shape index (κ1) is 17.8. The lowest BCUT2D eigenvalue weighted by Gasteiger charge is -2.17. The van der Waals surface area contributed by atoms with Crippen molar-refractivity contribution < 1.29 is 28.8 Å². The van der Waals surface area contributed by atoms with Crippen LogP contribution in [0.25, 0.3) is 0 Å². The van der Waals surface area contributed by atoms with E-state index in [0.717, 1.165) is 0 Å². The fourth-order valence-corrected chi connectivity index (χ4v) is 1.24. The van der Waals surface area contributed by atoms with Gasteiger partial charge in [0, 0.05) is 20.1 Å². The van der Waals surface area contributed by atoms with E-state index in [0.29, 0.717) is 52.9 Å². The van der Waals surface area contributed by atoms with E-state index in [9.17, 15) is 0 Å². The molecular formula is C12H26O6. The van der Waals surface area contributed by atoms with Crippen LogP contribution in [0.4, 0.5) is 0 Å². The summed E-state index contributed by atoms with van der Waals surface area (Å²) in [6, 6.07) is 0. The predicted octanol–water partition coefficient (Wildman–Crippen LogP) is -0.0625. The Bertz CT molecular complexity index is 144. The van der Waals surface area contributed by atoms with E-state index in [2.05, 4.69) is 0 Å². The number of rotatable bonds is 14. The smallest absolute Gasteiger partial charge is 0.0700 e. The van der Waals surface area contributed by atoms with E-state index >= 15 is 0 Å². The van der Waals surface area contributed by atoms with Crippen LogP contribution in [0.15, 0.2) is 0 Å². The van der Waals surface area contributed by atoms with Crippen molar-refractivity contribution in [3.8, 4) is 0 Å². The van der Waals surface area contributed by atoms with Gasteiger partial charge in [-0.15, -0.1) is 0 Å². The highest BCUT2D eigenvalue weighted by Gasteiger charge is 2.10. The van der Waals surface area contributed by atoms with Crippen molar-refractivity contribution in [3.05, 3.63) is 0 Å². The predicted molar refractivity (Wildman–Crippen MR) is 66.8 cm³/mol. The summed E-state index contributed by atoms with van der Waals surface area (Å²) in [6.45, 7) is 4.28. The maximum atomic E-state index is 8.65. The first-order valence-electron chi connectivity index (χ1n) is 6.17. The van der Waals surface area contributed by atoms with Crippen LogP contribution in [-0.2, 0) is 23.7 Å². The van der Waals surface area contributed by atoms with Crippen LogP contribution in [0.2, 0.25) is 0 Å². The molecule has 6 heteroatoms. The molecule has 0 aliphatic heterocycles. The monoisotopic (exact) mass is 266 g/mol. The van der Waals surface area contributed by atoms with E-state index < -0.39 is 0 Å². The van der Waals surface area contributed by atoms with Gasteiger partial charge in [0.05, 0.1) is 59.5 Å². The first-order chi connectivity index (χ1) is 8.85. The number of methoxy groups -OCH3 is 2. The Kier molecular flexibility index (Phi) is 14.6. The number of aliphatic hydroxyl groups excluding tert-OH is 1. The van der Waals surface area contributed by atoms with Crippen LogP contribution < -0.4 is 0 Å². The third-order valence-electron chi connectivity index (χ3n) is 2.16. The van der Waals surface area contributed by atoms with E-state index in [1.807, 2.05) is 0 Å². The van der Waals surface area contributed by atoms with Gasteiger partial charge in [-0.2, -0.15) is 0 Å². The normalized spacial score (nSPS) is 11.3. The second-order valence-electron chi connectivity index (χ2n) is 3.80. The largest absolute Gasteiger partial charge is 0.394 e. The Balaban J connectivity index is 3.62. The van der Waals surface area contributed by atoms with Gasteiger partial charge < -0.3 is 28.8 Å². The van der Waals surface area contributed by atoms with Gasteiger partial charge in [-0.05, 0) is 0 Å². The molecule has 18 heavy (non-hydrogen) atoms. The molecule has 0 saturated heterocycles. The molecule has 0 atom stereocenters. The molecule has 0 heterocycles. The molecule has 0 rings (SSSR count). The summed E-state index contributed by atoms with van der Waals surface area (Å²) in [5.41, 5.74) is 0. The Morgan fingerprint density at radius 1 is 0.722 bits per heavy atom. The average Bonchev–Trinajstić information content (AvgIpc) is 2.39. The average molecular weight is 266 g/mol. The summed E-state index contributed by atoms with van der Waals surface area (Å²) >= 11 is 0. The molecule has 6 nitrogen and oxygen atoms in total. The Morgan fingerprint density at radius 2 is 1.17 bits per heavy atom. The molecule has 0 aromatic rings. The van der Waals surface area contributed by atoms with Gasteiger partial charge in [0.25, 0.3) is 0 Å². The molecule has 0 aromatic heterocycles. The summed E-state index contributed by atoms with van der Waals surface area (Å²) in [6.07, 6.45) is 0. The second-order valence-corrected chi connectivity index (χ2v) is 3.80. The number of hydrogen-bond donors (Lipinski definition) is 1. The van der Waals surface area contributed by atoms with Crippen LogP contribution in [0, 0.1) is 5.92 Å². The molecule has 0 saturated carbocycles. The van der Waals surface area contributed by atoms with Gasteiger partial charge in [-0.25, -0.2) is 0 Å². The highest BCUT2D eigenvalue weighted by Crippen LogP contribution is 2.00. The molecular weight excluding hydrogens is 240 g/mol. The molecule has 110 valence electrons. The van der Waals surface area contributed by atoms with E-state index in [4.69, 9.17) is 28.8 Å². The Hall–Kier alpha value is -0.240. The zero-order chi connectivity index (χ0) is 13.5. The van der Waals surface area contributed by atoms with E-state index in [1.54, 1.807) is 14.2 Å². The molecule has 1 N–H and O–H groups in total. The van der Waals surface area contributed by atoms with Crippen molar-refractivity contribution in [1.29, 1.82) is 0 Å². The zero-order valence-corrected chi connectivity index (χ0v) is 11.4. The van der Waals surface area contributed by atoms with Crippen molar-refractivity contribution in [2.45, 2.75) is 0 Å². The van der Waals surface area contributed by atoms with Crippen LogP contribution in [-0.4, -0.2) is 78.8 Å². The molecule has 0 bridgehead atoms. The number of ether oxygens (including phenoxy) is 5. The summed E-state index contributed by atoms with van der Waals surface area (Å²) in [7, 11) is 3.28. The van der Waals surface area contributed by atoms with Crippen molar-refractivity contribution >= 4 is 0 Å². The van der Waals surface area contributed by atoms with Gasteiger partial charge in [0.2, 0.25) is 0 Å². The standard InChI is InChI=1S/C12H26O6/c1-14-5-7-17-10-12(9-16-4-3-13)11-18-8-6-15-2/h12-13H,3-11H2,1-2H3. The summed E-state index contributed by atoms with van der Waals surface area (Å²) < 4.78 is 26.0. The fraction of sp³-hybridized carbons (Fsp3) is 1.00. The van der Waals surface area contributed by atoms with Crippen molar-refractivity contribution in [2.24, 2.45) is 5.92 Å². The maximum Gasteiger partial charge on any atom is 0.0700 e. The molecule has 0 aliphatic rings. The minimum Gasteiger partial charge on any atom is -0.394 e. The van der Waals surface area contributed by atoms with Gasteiger partial charge in [0.15, 0.2) is 0 Å². The molecule has 0 unspecified atom stereocenters. The molecule has 0 aliphatic carbocycles. The molecule has 0 fully saturated rings. The van der Waals surface area contributed by atoms with Crippen molar-refractivity contribution in [2.75, 3.05) is 73.7 Å². The van der Waals surface area contributed by atoms with E-state index in [1.165, 1.54) is 0 Å². The lowest BCUT2D eigenvalue weighted by Crippen LogP contribution is -2.24. The number of aliphatic hydroxyl groups is 1. The molecule has 0 spiro atoms. The SMILES string of the molecule is COCCOCC(COCCO)COCCOC. The molecule has 0 radical (unpaired) electrons. The third-order valence-corrected chi connectivity index (χ3v) is 2.16. The van der Waals surface area contributed by atoms with Crippen LogP contribution in [0.1, 0.15) is 0 Å². The summed E-state index contributed by atoms with van der Waals surface area (Å²) in [4.78, 5) is 0. The molecule has 0 amide bonds. The zero-order valence-electron chi connectivity index (χ0n) is 11.4. The van der Waals surface area contributed by atoms with Gasteiger partial charge >= 0.3 is 0 Å². The van der Waals surface area contributed by atoms with Gasteiger partial charge in [-0.1, -0.05) is 0 Å². The van der Waals surface area contributed by atoms with Crippen molar-refractivity contribution in [1.82, 2.24) is 0 Å². The topological polar surface area (TPSA) is 66.4 Å². The van der Waals surface area contributed by atoms with Gasteiger partial charge in [-0.3, -0.25) is 0 Å². The highest BCUT2D eigenvalue weighted by atomic mass is 16.5. The number of hydrogen-bond acceptors (Lipinski definition) is 6. The summed E-state index contributed by atoms with van der Waals surface area (Å²) in [5, 5.41) is 8.65. The van der Waals surface area contributed by atoms with Gasteiger partial charge in [0.1, 0.15) is 0 Å². The lowest BCUT2D eigenvalue weighted by atomic mass is 10.2. The molecule has 0 aromatic carbocycles. The minimum absolute atomic E-state index is 0.0295. The van der Waals surface area contributed by atoms with Crippen LogP contribution in [0.3, 0.4) is 0 Å². The quantitative estimate of drug-likeness (QED) is 0.444. The Morgan fingerprint density at radius 3 is 1.56 bits per heavy atom. The minimum atomic E-state index is 0.0295.